The zero-order valence-electron chi connectivity index (χ0n) is 19.8. The molecule has 0 aliphatic carbocycles. The molecule has 4 aromatic rings. The van der Waals surface area contributed by atoms with Gasteiger partial charge in [-0.15, -0.1) is 18.3 Å². The lowest BCUT2D eigenvalue weighted by Crippen LogP contribution is -2.17. The second-order valence-electron chi connectivity index (χ2n) is 8.66. The van der Waals surface area contributed by atoms with Crippen LogP contribution in [0.4, 0.5) is 13.2 Å². The van der Waals surface area contributed by atoms with Crippen LogP contribution in [-0.2, 0) is 17.6 Å². The van der Waals surface area contributed by atoms with Crippen molar-refractivity contribution in [1.29, 1.82) is 0 Å². The van der Waals surface area contributed by atoms with Crippen molar-refractivity contribution >= 4 is 5.78 Å². The van der Waals surface area contributed by atoms with Crippen molar-refractivity contribution in [3.8, 4) is 22.8 Å². The third-order valence-corrected chi connectivity index (χ3v) is 5.69. The number of aromatic nitrogens is 3. The number of rotatable bonds is 10. The molecule has 0 unspecified atom stereocenters. The number of Topliss-reactive ketones (excluding diaryl/α,β-unsaturated/α-hetero) is 1. The molecule has 8 heteroatoms. The monoisotopic (exact) mass is 493 g/mol. The molecular weight excluding hydrogens is 467 g/mol. The van der Waals surface area contributed by atoms with Crippen LogP contribution in [0.15, 0.2) is 79.1 Å². The zero-order chi connectivity index (χ0) is 25.5. The molecule has 0 aliphatic heterocycles. The van der Waals surface area contributed by atoms with Gasteiger partial charge >= 0.3 is 6.36 Å². The molecule has 0 radical (unpaired) electrons. The fraction of sp³-hybridized carbons (Fsp3) is 0.250. The maximum Gasteiger partial charge on any atom is 0.573 e. The van der Waals surface area contributed by atoms with Gasteiger partial charge in [0.1, 0.15) is 17.9 Å². The molecule has 1 aromatic heterocycles. The lowest BCUT2D eigenvalue weighted by Gasteiger charge is -2.09. The Labute approximate surface area is 207 Å². The average Bonchev–Trinajstić information content (AvgIpc) is 3.32. The molecule has 0 aliphatic rings. The Balaban J connectivity index is 1.26. The molecule has 0 atom stereocenters. The van der Waals surface area contributed by atoms with Crippen LogP contribution in [0.3, 0.4) is 0 Å². The van der Waals surface area contributed by atoms with Crippen molar-refractivity contribution in [1.82, 2.24) is 14.8 Å². The number of ketones is 1. The fourth-order valence-electron chi connectivity index (χ4n) is 3.93. The zero-order valence-corrected chi connectivity index (χ0v) is 19.8. The summed E-state index contributed by atoms with van der Waals surface area (Å²) >= 11 is 0. The highest BCUT2D eigenvalue weighted by molar-refractivity contribution is 5.80. The summed E-state index contributed by atoms with van der Waals surface area (Å²) in [5.41, 5.74) is 4.81. The van der Waals surface area contributed by atoms with Gasteiger partial charge in [0.05, 0.1) is 5.69 Å². The molecule has 0 bridgehead atoms. The number of hydrogen-bond acceptors (Lipinski definition) is 4. The Kier molecular flexibility index (Phi) is 7.83. The number of alkyl halides is 3. The number of carbonyl (C=O) groups excluding carboxylic acids is 1. The van der Waals surface area contributed by atoms with Gasteiger partial charge in [-0.25, -0.2) is 9.67 Å². The van der Waals surface area contributed by atoms with Crippen LogP contribution in [0.2, 0.25) is 0 Å². The summed E-state index contributed by atoms with van der Waals surface area (Å²) in [6.45, 7) is 2.03. The first-order valence-corrected chi connectivity index (χ1v) is 11.7. The molecular formula is C28H26F3N3O2. The summed E-state index contributed by atoms with van der Waals surface area (Å²) in [5.74, 6) is 0.483. The minimum Gasteiger partial charge on any atom is -0.406 e. The minimum atomic E-state index is -4.73. The number of unbranched alkanes of at least 4 members (excludes halogenated alkanes) is 1. The SMILES string of the molecule is Cc1cccc(CC(=O)CCCCc2ccc(-c3ncn(-c4ccc(OC(F)(F)F)cc4)n3)cc2)c1. The molecule has 0 spiro atoms. The second-order valence-corrected chi connectivity index (χ2v) is 8.66. The van der Waals surface area contributed by atoms with E-state index >= 15 is 0 Å². The molecule has 4 rings (SSSR count). The molecule has 36 heavy (non-hydrogen) atoms. The molecule has 0 saturated carbocycles. The predicted molar refractivity (Wildman–Crippen MR) is 131 cm³/mol. The third-order valence-electron chi connectivity index (χ3n) is 5.69. The fourth-order valence-corrected chi connectivity index (χ4v) is 3.93. The molecule has 186 valence electrons. The lowest BCUT2D eigenvalue weighted by atomic mass is 10.0. The standard InChI is InChI=1S/C28H26F3N3O2/c1-20-5-4-7-22(17-20)18-25(35)8-3-2-6-21-9-11-23(12-10-21)27-32-19-34(33-27)24-13-15-26(16-14-24)36-28(29,30)31/h4-5,7,9-17,19H,2-3,6,8,18H2,1H3. The molecule has 1 heterocycles. The minimum absolute atomic E-state index is 0.264. The van der Waals surface area contributed by atoms with E-state index in [2.05, 4.69) is 20.9 Å². The molecule has 0 amide bonds. The number of hydrogen-bond donors (Lipinski definition) is 0. The van der Waals surface area contributed by atoms with Gasteiger partial charge in [0.15, 0.2) is 5.82 Å². The Bertz CT molecular complexity index is 1300. The first kappa shape index (κ1) is 25.2. The molecule has 0 N–H and O–H groups in total. The average molecular weight is 494 g/mol. The van der Waals surface area contributed by atoms with E-state index in [1.165, 1.54) is 46.4 Å². The van der Waals surface area contributed by atoms with E-state index in [4.69, 9.17) is 0 Å². The largest absolute Gasteiger partial charge is 0.573 e. The van der Waals surface area contributed by atoms with Gasteiger partial charge in [-0.05, 0) is 61.6 Å². The van der Waals surface area contributed by atoms with Crippen molar-refractivity contribution in [3.05, 3.63) is 95.8 Å². The van der Waals surface area contributed by atoms with Gasteiger partial charge in [0.2, 0.25) is 0 Å². The van der Waals surface area contributed by atoms with Crippen molar-refractivity contribution in [2.75, 3.05) is 0 Å². The summed E-state index contributed by atoms with van der Waals surface area (Å²) in [6, 6.07) is 21.4. The van der Waals surface area contributed by atoms with Crippen LogP contribution in [0, 0.1) is 6.92 Å². The number of benzene rings is 3. The van der Waals surface area contributed by atoms with E-state index in [0.29, 0.717) is 24.4 Å². The third kappa shape index (κ3) is 7.28. The lowest BCUT2D eigenvalue weighted by molar-refractivity contribution is -0.274. The quantitative estimate of drug-likeness (QED) is 0.232. The van der Waals surface area contributed by atoms with E-state index in [-0.39, 0.29) is 11.5 Å². The van der Waals surface area contributed by atoms with E-state index in [9.17, 15) is 18.0 Å². The summed E-state index contributed by atoms with van der Waals surface area (Å²) in [4.78, 5) is 16.6. The number of carbonyl (C=O) groups is 1. The summed E-state index contributed by atoms with van der Waals surface area (Å²) in [5, 5.41) is 4.42. The van der Waals surface area contributed by atoms with Gasteiger partial charge in [-0.3, -0.25) is 4.79 Å². The Morgan fingerprint density at radius 1 is 0.944 bits per heavy atom. The van der Waals surface area contributed by atoms with Crippen molar-refractivity contribution in [2.24, 2.45) is 0 Å². The van der Waals surface area contributed by atoms with Gasteiger partial charge in [0.25, 0.3) is 0 Å². The molecule has 5 nitrogen and oxygen atoms in total. The highest BCUT2D eigenvalue weighted by Crippen LogP contribution is 2.24. The number of nitrogens with zero attached hydrogens (tertiary/aromatic N) is 3. The van der Waals surface area contributed by atoms with Gasteiger partial charge < -0.3 is 4.74 Å². The van der Waals surface area contributed by atoms with E-state index in [1.807, 2.05) is 49.4 Å². The smallest absolute Gasteiger partial charge is 0.406 e. The van der Waals surface area contributed by atoms with Crippen LogP contribution in [-0.4, -0.2) is 26.9 Å². The van der Waals surface area contributed by atoms with Crippen LogP contribution >= 0.6 is 0 Å². The highest BCUT2D eigenvalue weighted by atomic mass is 19.4. The number of halogens is 3. The first-order valence-electron chi connectivity index (χ1n) is 11.7. The van der Waals surface area contributed by atoms with Crippen molar-refractivity contribution < 1.29 is 22.7 Å². The number of aryl methyl sites for hydroxylation is 2. The predicted octanol–water partition coefficient (Wildman–Crippen LogP) is 6.67. The summed E-state index contributed by atoms with van der Waals surface area (Å²) in [6.07, 6.45) is 0.513. The van der Waals surface area contributed by atoms with Gasteiger partial charge in [-0.2, -0.15) is 0 Å². The Morgan fingerprint density at radius 2 is 1.69 bits per heavy atom. The maximum atomic E-state index is 12.3. The Hall–Kier alpha value is -3.94. The van der Waals surface area contributed by atoms with Crippen LogP contribution < -0.4 is 4.74 Å². The van der Waals surface area contributed by atoms with Crippen LogP contribution in [0.1, 0.15) is 36.0 Å². The van der Waals surface area contributed by atoms with Crippen molar-refractivity contribution in [2.45, 2.75) is 45.4 Å². The van der Waals surface area contributed by atoms with E-state index in [1.54, 1.807) is 0 Å². The summed E-state index contributed by atoms with van der Waals surface area (Å²) in [7, 11) is 0. The van der Waals surface area contributed by atoms with Crippen LogP contribution in [0.25, 0.3) is 17.1 Å². The van der Waals surface area contributed by atoms with E-state index in [0.717, 1.165) is 30.4 Å². The molecule has 0 saturated heterocycles. The maximum absolute atomic E-state index is 12.3. The normalized spacial score (nSPS) is 11.4. The first-order chi connectivity index (χ1) is 17.2. The highest BCUT2D eigenvalue weighted by Gasteiger charge is 2.31. The van der Waals surface area contributed by atoms with Crippen molar-refractivity contribution in [3.63, 3.8) is 0 Å². The topological polar surface area (TPSA) is 57.0 Å². The van der Waals surface area contributed by atoms with Gasteiger partial charge in [0, 0.05) is 18.4 Å². The van der Waals surface area contributed by atoms with E-state index < -0.39 is 6.36 Å². The van der Waals surface area contributed by atoms with Gasteiger partial charge in [-0.1, -0.05) is 54.1 Å². The molecule has 0 fully saturated rings. The second kappa shape index (κ2) is 11.2. The summed E-state index contributed by atoms with van der Waals surface area (Å²) < 4.78 is 42.4. The molecule has 3 aromatic carbocycles. The number of ether oxygens (including phenoxy) is 1. The Morgan fingerprint density at radius 3 is 2.39 bits per heavy atom. The van der Waals surface area contributed by atoms with Crippen LogP contribution in [0.5, 0.6) is 5.75 Å².